The van der Waals surface area contributed by atoms with Crippen LogP contribution in [0.1, 0.15) is 68.2 Å². The molecule has 15 heavy (non-hydrogen) atoms. The molecule has 1 N–H and O–H groups in total. The molecular formula is C13H32O2. The first-order chi connectivity index (χ1) is 7.18. The van der Waals surface area contributed by atoms with E-state index in [4.69, 9.17) is 9.84 Å². The number of hydrogen-bond acceptors (Lipinski definition) is 2. The Labute approximate surface area is 97.0 Å². The van der Waals surface area contributed by atoms with Crippen LogP contribution in [0.25, 0.3) is 0 Å². The smallest absolute Gasteiger partial charge is 0.155 e. The lowest BCUT2D eigenvalue weighted by atomic mass is 9.98. The maximum absolute atomic E-state index is 9.03. The molecule has 0 bridgehead atoms. The van der Waals surface area contributed by atoms with Crippen molar-refractivity contribution >= 4 is 0 Å². The van der Waals surface area contributed by atoms with Gasteiger partial charge in [-0.05, 0) is 19.3 Å². The van der Waals surface area contributed by atoms with E-state index in [-0.39, 0.29) is 6.10 Å². The van der Waals surface area contributed by atoms with Gasteiger partial charge in [0.25, 0.3) is 0 Å². The van der Waals surface area contributed by atoms with E-state index in [1.165, 1.54) is 0 Å². The van der Waals surface area contributed by atoms with Crippen LogP contribution in [0, 0.1) is 5.92 Å². The highest BCUT2D eigenvalue weighted by Gasteiger charge is 2.21. The van der Waals surface area contributed by atoms with Crippen LogP contribution in [0.5, 0.6) is 0 Å². The van der Waals surface area contributed by atoms with E-state index in [2.05, 4.69) is 6.92 Å². The molecule has 1 aliphatic rings. The molecule has 2 heteroatoms. The molecule has 0 aromatic carbocycles. The minimum absolute atomic E-state index is 0.240. The fourth-order valence-electron chi connectivity index (χ4n) is 1.39. The molecule has 0 amide bonds. The van der Waals surface area contributed by atoms with E-state index in [0.717, 1.165) is 12.8 Å². The van der Waals surface area contributed by atoms with Crippen molar-refractivity contribution in [2.75, 3.05) is 0 Å². The van der Waals surface area contributed by atoms with E-state index in [9.17, 15) is 0 Å². The average Bonchev–Trinajstić information content (AvgIpc) is 2.24. The van der Waals surface area contributed by atoms with Crippen molar-refractivity contribution in [3.63, 3.8) is 0 Å². The summed E-state index contributed by atoms with van der Waals surface area (Å²) in [6.07, 6.45) is 1.61. The monoisotopic (exact) mass is 220 g/mol. The summed E-state index contributed by atoms with van der Waals surface area (Å²) in [6, 6.07) is 0. The predicted octanol–water partition coefficient (Wildman–Crippen LogP) is 4.22. The van der Waals surface area contributed by atoms with E-state index in [1.54, 1.807) is 0 Å². The second-order valence-electron chi connectivity index (χ2n) is 2.98. The zero-order valence-corrected chi connectivity index (χ0v) is 12.0. The van der Waals surface area contributed by atoms with Gasteiger partial charge < -0.3 is 9.84 Å². The van der Waals surface area contributed by atoms with Crippen molar-refractivity contribution in [3.8, 4) is 0 Å². The third-order valence-electron chi connectivity index (χ3n) is 1.73. The van der Waals surface area contributed by atoms with Crippen molar-refractivity contribution < 1.29 is 9.84 Å². The fraction of sp³-hybridized carbons (Fsp3) is 1.00. The average molecular weight is 220 g/mol. The summed E-state index contributed by atoms with van der Waals surface area (Å²) in [5.74, 6) is 0.615. The number of aliphatic hydroxyl groups excluding tert-OH is 1. The predicted molar refractivity (Wildman–Crippen MR) is 69.0 cm³/mol. The molecule has 3 atom stereocenters. The largest absolute Gasteiger partial charge is 0.368 e. The van der Waals surface area contributed by atoms with Crippen LogP contribution in [0.2, 0.25) is 0 Å². The van der Waals surface area contributed by atoms with Gasteiger partial charge in [-0.15, -0.1) is 0 Å². The molecule has 1 rings (SSSR count). The Bertz CT molecular complexity index is 69.5. The summed E-state index contributed by atoms with van der Waals surface area (Å²) in [5.41, 5.74) is 0. The molecule has 1 saturated heterocycles. The Morgan fingerprint density at radius 1 is 0.867 bits per heavy atom. The molecular weight excluding hydrogens is 188 g/mol. The first-order valence-electron chi connectivity index (χ1n) is 6.52. The molecule has 1 aliphatic heterocycles. The molecule has 0 aliphatic carbocycles. The molecule has 2 unspecified atom stereocenters. The Morgan fingerprint density at radius 2 is 1.27 bits per heavy atom. The summed E-state index contributed by atoms with van der Waals surface area (Å²) in [7, 11) is 0. The van der Waals surface area contributed by atoms with Gasteiger partial charge in [0.05, 0.1) is 6.10 Å². The third kappa shape index (κ3) is 13.9. The highest BCUT2D eigenvalue weighted by atomic mass is 16.6. The summed E-state index contributed by atoms with van der Waals surface area (Å²) < 4.78 is 5.11. The number of rotatable bonds is 0. The number of hydrogen-bond donors (Lipinski definition) is 1. The molecule has 0 saturated carbocycles. The van der Waals surface area contributed by atoms with Crippen LogP contribution >= 0.6 is 0 Å². The van der Waals surface area contributed by atoms with Gasteiger partial charge in [-0.3, -0.25) is 0 Å². The molecule has 1 fully saturated rings. The van der Waals surface area contributed by atoms with Crippen molar-refractivity contribution in [1.82, 2.24) is 0 Å². The Morgan fingerprint density at radius 3 is 1.53 bits per heavy atom. The van der Waals surface area contributed by atoms with Crippen molar-refractivity contribution in [2.24, 2.45) is 5.92 Å². The van der Waals surface area contributed by atoms with Gasteiger partial charge in [-0.2, -0.15) is 0 Å². The molecule has 0 radical (unpaired) electrons. The van der Waals surface area contributed by atoms with Crippen LogP contribution in [0.3, 0.4) is 0 Å². The lowest BCUT2D eigenvalue weighted by Crippen LogP contribution is -2.29. The first-order valence-corrected chi connectivity index (χ1v) is 6.52. The summed E-state index contributed by atoms with van der Waals surface area (Å²) in [6.45, 7) is 16.1. The van der Waals surface area contributed by atoms with E-state index >= 15 is 0 Å². The second kappa shape index (κ2) is 16.4. The summed E-state index contributed by atoms with van der Waals surface area (Å²) in [4.78, 5) is 0. The van der Waals surface area contributed by atoms with Crippen LogP contribution < -0.4 is 0 Å². The van der Waals surface area contributed by atoms with Crippen molar-refractivity contribution in [1.29, 1.82) is 0 Å². The summed E-state index contributed by atoms with van der Waals surface area (Å²) >= 11 is 0. The van der Waals surface area contributed by atoms with Gasteiger partial charge in [0.1, 0.15) is 0 Å². The highest BCUT2D eigenvalue weighted by molar-refractivity contribution is 4.66. The minimum atomic E-state index is -0.510. The Hall–Kier alpha value is -0.0800. The molecule has 96 valence electrons. The van der Waals surface area contributed by atoms with Crippen molar-refractivity contribution in [3.05, 3.63) is 0 Å². The Kier molecular flexibility index (Phi) is 22.2. The van der Waals surface area contributed by atoms with E-state index in [1.807, 2.05) is 48.5 Å². The first kappa shape index (κ1) is 20.3. The van der Waals surface area contributed by atoms with Crippen LogP contribution in [0.15, 0.2) is 0 Å². The van der Waals surface area contributed by atoms with E-state index in [0.29, 0.717) is 5.92 Å². The SMILES string of the molecule is CC.CC.CC.CC1CC(C)O[C@@H](O)C1. The second-order valence-corrected chi connectivity index (χ2v) is 2.98. The normalized spacial score (nSPS) is 28.2. The Balaban J connectivity index is -0.000000208. The molecule has 0 spiro atoms. The minimum Gasteiger partial charge on any atom is -0.368 e. The molecule has 2 nitrogen and oxygen atoms in total. The zero-order valence-electron chi connectivity index (χ0n) is 12.0. The van der Waals surface area contributed by atoms with Crippen LogP contribution in [-0.4, -0.2) is 17.5 Å². The number of ether oxygens (including phenoxy) is 1. The maximum atomic E-state index is 9.03. The summed E-state index contributed by atoms with van der Waals surface area (Å²) in [5, 5.41) is 9.03. The van der Waals surface area contributed by atoms with Gasteiger partial charge in [-0.25, -0.2) is 0 Å². The lowest BCUT2D eigenvalue weighted by molar-refractivity contribution is -0.169. The third-order valence-corrected chi connectivity index (χ3v) is 1.73. The fourth-order valence-corrected chi connectivity index (χ4v) is 1.39. The van der Waals surface area contributed by atoms with Gasteiger partial charge in [0.2, 0.25) is 0 Å². The van der Waals surface area contributed by atoms with Gasteiger partial charge in [-0.1, -0.05) is 48.5 Å². The standard InChI is InChI=1S/C7H14O2.3C2H6/c1-5-3-6(2)9-7(8)4-5;3*1-2/h5-8H,3-4H2,1-2H3;3*1-2H3/t5?,6?,7-;;;/m1.../s1. The quantitative estimate of drug-likeness (QED) is 0.662. The van der Waals surface area contributed by atoms with Gasteiger partial charge in [0, 0.05) is 6.42 Å². The van der Waals surface area contributed by atoms with Crippen molar-refractivity contribution in [2.45, 2.75) is 80.6 Å². The topological polar surface area (TPSA) is 29.5 Å². The molecule has 0 aromatic rings. The number of aliphatic hydroxyl groups is 1. The highest BCUT2D eigenvalue weighted by Crippen LogP contribution is 2.22. The van der Waals surface area contributed by atoms with Gasteiger partial charge in [0.15, 0.2) is 6.29 Å². The van der Waals surface area contributed by atoms with E-state index < -0.39 is 6.29 Å². The molecule has 0 aromatic heterocycles. The molecule has 1 heterocycles. The lowest BCUT2D eigenvalue weighted by Gasteiger charge is -2.28. The zero-order chi connectivity index (χ0) is 12.9. The maximum Gasteiger partial charge on any atom is 0.155 e. The van der Waals surface area contributed by atoms with Gasteiger partial charge >= 0.3 is 0 Å². The van der Waals surface area contributed by atoms with Crippen LogP contribution in [0.4, 0.5) is 0 Å². The van der Waals surface area contributed by atoms with Crippen LogP contribution in [-0.2, 0) is 4.74 Å².